The van der Waals surface area contributed by atoms with E-state index < -0.39 is 0 Å². The second-order valence-corrected chi connectivity index (χ2v) is 5.28. The molecule has 110 valence electrons. The van der Waals surface area contributed by atoms with Gasteiger partial charge in [-0.1, -0.05) is 13.0 Å². The van der Waals surface area contributed by atoms with E-state index in [1.165, 1.54) is 6.20 Å². The second kappa shape index (κ2) is 7.64. The minimum Gasteiger partial charge on any atom is -0.369 e. The van der Waals surface area contributed by atoms with Crippen molar-refractivity contribution in [1.82, 2.24) is 9.97 Å². The number of hydrogen-bond donors (Lipinski definition) is 2. The summed E-state index contributed by atoms with van der Waals surface area (Å²) in [6.07, 6.45) is 6.05. The van der Waals surface area contributed by atoms with Crippen LogP contribution in [0, 0.1) is 0 Å². The van der Waals surface area contributed by atoms with Crippen molar-refractivity contribution in [1.29, 1.82) is 0 Å². The lowest BCUT2D eigenvalue weighted by molar-refractivity contribution is 0.102. The molecule has 0 aliphatic rings. The minimum atomic E-state index is -0.261. The molecule has 0 bridgehead atoms. The minimum absolute atomic E-state index is 0.261. The van der Waals surface area contributed by atoms with Crippen LogP contribution in [0.2, 0.25) is 0 Å². The lowest BCUT2D eigenvalue weighted by atomic mass is 10.3. The molecule has 1 heterocycles. The van der Waals surface area contributed by atoms with Crippen LogP contribution in [0.5, 0.6) is 0 Å². The number of hydrogen-bond acceptors (Lipinski definition) is 5. The lowest BCUT2D eigenvalue weighted by Crippen LogP contribution is -2.14. The highest BCUT2D eigenvalue weighted by Crippen LogP contribution is 2.19. The molecule has 0 radical (unpaired) electrons. The largest absolute Gasteiger partial charge is 0.369 e. The lowest BCUT2D eigenvalue weighted by Gasteiger charge is -2.07. The van der Waals surface area contributed by atoms with Crippen LogP contribution in [-0.2, 0) is 0 Å². The van der Waals surface area contributed by atoms with E-state index in [4.69, 9.17) is 0 Å². The normalized spacial score (nSPS) is 10.2. The van der Waals surface area contributed by atoms with Crippen LogP contribution < -0.4 is 10.6 Å². The Labute approximate surface area is 128 Å². The van der Waals surface area contributed by atoms with Gasteiger partial charge in [-0.05, 0) is 30.9 Å². The topological polar surface area (TPSA) is 66.9 Å². The molecule has 0 saturated carbocycles. The molecule has 0 saturated heterocycles. The average molecular weight is 302 g/mol. The summed E-state index contributed by atoms with van der Waals surface area (Å²) >= 11 is 1.63. The van der Waals surface area contributed by atoms with Crippen LogP contribution >= 0.6 is 11.8 Å². The zero-order valence-corrected chi connectivity index (χ0v) is 12.9. The number of amides is 1. The van der Waals surface area contributed by atoms with Crippen LogP contribution in [0.1, 0.15) is 23.8 Å². The molecule has 0 unspecified atom stereocenters. The first-order chi connectivity index (χ1) is 10.2. The fourth-order valence-corrected chi connectivity index (χ4v) is 2.15. The third-order valence-corrected chi connectivity index (χ3v) is 3.49. The summed E-state index contributed by atoms with van der Waals surface area (Å²) in [7, 11) is 0. The Morgan fingerprint density at radius 3 is 2.81 bits per heavy atom. The summed E-state index contributed by atoms with van der Waals surface area (Å²) in [5, 5.41) is 5.94. The van der Waals surface area contributed by atoms with E-state index in [9.17, 15) is 4.79 Å². The van der Waals surface area contributed by atoms with Crippen molar-refractivity contribution in [2.75, 3.05) is 23.4 Å². The Balaban J connectivity index is 2.02. The molecule has 1 amide bonds. The third-order valence-electron chi connectivity index (χ3n) is 2.77. The average Bonchev–Trinajstić information content (AvgIpc) is 2.53. The monoisotopic (exact) mass is 302 g/mol. The van der Waals surface area contributed by atoms with Crippen molar-refractivity contribution in [3.63, 3.8) is 0 Å². The van der Waals surface area contributed by atoms with Gasteiger partial charge in [0.2, 0.25) is 0 Å². The van der Waals surface area contributed by atoms with Crippen LogP contribution in [0.15, 0.2) is 41.6 Å². The van der Waals surface area contributed by atoms with E-state index in [-0.39, 0.29) is 5.91 Å². The van der Waals surface area contributed by atoms with Crippen LogP contribution in [0.4, 0.5) is 11.5 Å². The number of nitrogens with zero attached hydrogens (tertiary/aromatic N) is 2. The first-order valence-electron chi connectivity index (χ1n) is 6.74. The molecule has 2 aromatic rings. The zero-order chi connectivity index (χ0) is 15.1. The highest BCUT2D eigenvalue weighted by Gasteiger charge is 2.08. The Morgan fingerprint density at radius 1 is 1.29 bits per heavy atom. The predicted octanol–water partition coefficient (Wildman–Crippen LogP) is 3.27. The molecular weight excluding hydrogens is 284 g/mol. The molecule has 2 rings (SSSR count). The van der Waals surface area contributed by atoms with E-state index in [2.05, 4.69) is 27.5 Å². The number of carbonyl (C=O) groups excluding carboxylic acids is 1. The van der Waals surface area contributed by atoms with Gasteiger partial charge in [-0.2, -0.15) is 0 Å². The van der Waals surface area contributed by atoms with Crippen LogP contribution in [0.3, 0.4) is 0 Å². The summed E-state index contributed by atoms with van der Waals surface area (Å²) in [4.78, 5) is 21.5. The number of benzene rings is 1. The molecule has 0 aliphatic carbocycles. The van der Waals surface area contributed by atoms with E-state index >= 15 is 0 Å². The number of carbonyl (C=O) groups is 1. The van der Waals surface area contributed by atoms with Gasteiger partial charge in [-0.3, -0.25) is 4.79 Å². The Bertz CT molecular complexity index is 601. The van der Waals surface area contributed by atoms with E-state index in [0.717, 1.165) is 23.5 Å². The Morgan fingerprint density at radius 2 is 2.14 bits per heavy atom. The van der Waals surface area contributed by atoms with E-state index in [1.807, 2.05) is 30.5 Å². The number of anilines is 2. The van der Waals surface area contributed by atoms with Crippen LogP contribution in [0.25, 0.3) is 0 Å². The van der Waals surface area contributed by atoms with Crippen molar-refractivity contribution in [3.8, 4) is 0 Å². The molecule has 0 atom stereocenters. The highest BCUT2D eigenvalue weighted by atomic mass is 32.2. The molecular formula is C15H18N4OS. The summed E-state index contributed by atoms with van der Waals surface area (Å²) in [6, 6.07) is 7.68. The number of aromatic nitrogens is 2. The first kappa shape index (κ1) is 15.3. The van der Waals surface area contributed by atoms with Gasteiger partial charge >= 0.3 is 0 Å². The van der Waals surface area contributed by atoms with Gasteiger partial charge in [0.25, 0.3) is 5.91 Å². The molecule has 1 aromatic heterocycles. The van der Waals surface area contributed by atoms with Gasteiger partial charge in [0, 0.05) is 17.1 Å². The Hall–Kier alpha value is -2.08. The zero-order valence-electron chi connectivity index (χ0n) is 12.1. The van der Waals surface area contributed by atoms with Gasteiger partial charge in [0.1, 0.15) is 11.5 Å². The molecule has 2 N–H and O–H groups in total. The van der Waals surface area contributed by atoms with Gasteiger partial charge < -0.3 is 10.6 Å². The highest BCUT2D eigenvalue weighted by molar-refractivity contribution is 7.98. The molecule has 6 heteroatoms. The molecule has 0 fully saturated rings. The van der Waals surface area contributed by atoms with Crippen molar-refractivity contribution >= 4 is 29.2 Å². The fraction of sp³-hybridized carbons (Fsp3) is 0.267. The maximum Gasteiger partial charge on any atom is 0.275 e. The summed E-state index contributed by atoms with van der Waals surface area (Å²) < 4.78 is 0. The van der Waals surface area contributed by atoms with Crippen molar-refractivity contribution in [2.24, 2.45) is 0 Å². The SMILES string of the molecule is CCCNc1cnc(C(=O)Nc2cccc(SC)c2)cn1. The fourth-order valence-electron chi connectivity index (χ4n) is 1.69. The first-order valence-corrected chi connectivity index (χ1v) is 7.96. The quantitative estimate of drug-likeness (QED) is 0.802. The molecule has 5 nitrogen and oxygen atoms in total. The predicted molar refractivity (Wildman–Crippen MR) is 87.0 cm³/mol. The molecule has 0 spiro atoms. The molecule has 21 heavy (non-hydrogen) atoms. The van der Waals surface area contributed by atoms with Gasteiger partial charge in [0.05, 0.1) is 12.4 Å². The maximum atomic E-state index is 12.1. The smallest absolute Gasteiger partial charge is 0.275 e. The number of rotatable bonds is 6. The van der Waals surface area contributed by atoms with Crippen LogP contribution in [-0.4, -0.2) is 28.7 Å². The maximum absolute atomic E-state index is 12.1. The summed E-state index contributed by atoms with van der Waals surface area (Å²) in [5.74, 6) is 0.417. The van der Waals surface area contributed by atoms with Gasteiger partial charge in [0.15, 0.2) is 0 Å². The standard InChI is InChI=1S/C15H18N4OS/c1-3-7-16-14-10-17-13(9-18-14)15(20)19-11-5-4-6-12(8-11)21-2/h4-6,8-10H,3,7H2,1-2H3,(H,16,18)(H,19,20). The van der Waals surface area contributed by atoms with Crippen molar-refractivity contribution < 1.29 is 4.79 Å². The van der Waals surface area contributed by atoms with E-state index in [0.29, 0.717) is 11.5 Å². The summed E-state index contributed by atoms with van der Waals surface area (Å²) in [5.41, 5.74) is 1.05. The summed E-state index contributed by atoms with van der Waals surface area (Å²) in [6.45, 7) is 2.91. The van der Waals surface area contributed by atoms with Gasteiger partial charge in [-0.15, -0.1) is 11.8 Å². The number of nitrogens with one attached hydrogen (secondary N) is 2. The van der Waals surface area contributed by atoms with Gasteiger partial charge in [-0.25, -0.2) is 9.97 Å². The Kier molecular flexibility index (Phi) is 5.57. The number of thioether (sulfide) groups is 1. The second-order valence-electron chi connectivity index (χ2n) is 4.40. The molecule has 0 aliphatic heterocycles. The van der Waals surface area contributed by atoms with Crippen molar-refractivity contribution in [3.05, 3.63) is 42.4 Å². The molecule has 1 aromatic carbocycles. The third kappa shape index (κ3) is 4.46. The van der Waals surface area contributed by atoms with E-state index in [1.54, 1.807) is 18.0 Å². The van der Waals surface area contributed by atoms with Crippen molar-refractivity contribution in [2.45, 2.75) is 18.2 Å².